The predicted octanol–water partition coefficient (Wildman–Crippen LogP) is 7.51. The van der Waals surface area contributed by atoms with Crippen LogP contribution < -0.4 is 9.62 Å². The van der Waals surface area contributed by atoms with Crippen LogP contribution in [0.5, 0.6) is 0 Å². The number of rotatable bonds is 11. The van der Waals surface area contributed by atoms with Crippen LogP contribution in [0.15, 0.2) is 112 Å². The van der Waals surface area contributed by atoms with Crippen LogP contribution in [0.3, 0.4) is 0 Å². The molecule has 4 rings (SSSR count). The van der Waals surface area contributed by atoms with Crippen LogP contribution in [-0.4, -0.2) is 43.3 Å². The van der Waals surface area contributed by atoms with E-state index in [1.54, 1.807) is 60.7 Å². The van der Waals surface area contributed by atoms with Gasteiger partial charge in [0, 0.05) is 23.0 Å². The second-order valence-corrected chi connectivity index (χ2v) is 15.1. The number of nitrogens with zero attached hydrogens (tertiary/aromatic N) is 2. The predicted molar refractivity (Wildman–Crippen MR) is 184 cm³/mol. The largest absolute Gasteiger partial charge is 0.350 e. The molecule has 0 saturated carbocycles. The third-order valence-electron chi connectivity index (χ3n) is 6.81. The van der Waals surface area contributed by atoms with Crippen molar-refractivity contribution in [2.45, 2.75) is 50.2 Å². The summed E-state index contributed by atoms with van der Waals surface area (Å²) < 4.78 is 29.8. The number of benzene rings is 4. The summed E-state index contributed by atoms with van der Waals surface area (Å²) in [5.74, 6) is -0.953. The Morgan fingerprint density at radius 2 is 1.47 bits per heavy atom. The third-order valence-corrected chi connectivity index (χ3v) is 9.83. The number of anilines is 1. The first-order chi connectivity index (χ1) is 21.2. The van der Waals surface area contributed by atoms with E-state index in [2.05, 4.69) is 21.2 Å². The maximum absolute atomic E-state index is 14.5. The minimum Gasteiger partial charge on any atom is -0.350 e. The highest BCUT2D eigenvalue weighted by Gasteiger charge is 2.35. The van der Waals surface area contributed by atoms with Gasteiger partial charge in [-0.2, -0.15) is 0 Å². The lowest BCUT2D eigenvalue weighted by molar-refractivity contribution is -0.140. The average molecular weight is 732 g/mol. The Kier molecular flexibility index (Phi) is 11.4. The molecule has 0 bridgehead atoms. The molecule has 4 aromatic carbocycles. The average Bonchev–Trinajstić information content (AvgIpc) is 2.99. The molecule has 0 spiro atoms. The van der Waals surface area contributed by atoms with E-state index in [1.807, 2.05) is 51.1 Å². The van der Waals surface area contributed by atoms with Crippen molar-refractivity contribution < 1.29 is 18.0 Å². The van der Waals surface area contributed by atoms with Crippen LogP contribution in [-0.2, 0) is 32.6 Å². The molecule has 0 heterocycles. The van der Waals surface area contributed by atoms with Gasteiger partial charge < -0.3 is 10.2 Å². The van der Waals surface area contributed by atoms with E-state index in [-0.39, 0.29) is 29.5 Å². The number of carbonyl (C=O) groups is 2. The monoisotopic (exact) mass is 729 g/mol. The smallest absolute Gasteiger partial charge is 0.264 e. The molecule has 0 aliphatic rings. The fourth-order valence-corrected chi connectivity index (χ4v) is 6.86. The lowest BCUT2D eigenvalue weighted by Gasteiger charge is -2.35. The van der Waals surface area contributed by atoms with Gasteiger partial charge in [0.15, 0.2) is 0 Å². The van der Waals surface area contributed by atoms with Crippen LogP contribution in [0.25, 0.3) is 0 Å². The van der Waals surface area contributed by atoms with Crippen molar-refractivity contribution >= 4 is 66.7 Å². The number of nitrogens with one attached hydrogen (secondary N) is 1. The van der Waals surface area contributed by atoms with E-state index in [1.165, 1.54) is 17.0 Å². The van der Waals surface area contributed by atoms with Crippen molar-refractivity contribution in [3.8, 4) is 0 Å². The Bertz CT molecular complexity index is 1750. The molecule has 0 fully saturated rings. The van der Waals surface area contributed by atoms with E-state index in [9.17, 15) is 18.0 Å². The number of hydrogen-bond acceptors (Lipinski definition) is 4. The number of carbonyl (C=O) groups excluding carboxylic acids is 2. The molecule has 1 N–H and O–H groups in total. The number of sulfonamides is 1. The second-order valence-electron chi connectivity index (χ2n) is 11.5. The molecular formula is C34H34BrCl2N3O4S. The Morgan fingerprint density at radius 3 is 2.07 bits per heavy atom. The molecule has 0 aliphatic heterocycles. The zero-order valence-corrected chi connectivity index (χ0v) is 29.0. The van der Waals surface area contributed by atoms with Crippen LogP contribution in [0.2, 0.25) is 10.0 Å². The first kappa shape index (κ1) is 34.5. The van der Waals surface area contributed by atoms with Gasteiger partial charge in [0.1, 0.15) is 12.6 Å². The van der Waals surface area contributed by atoms with E-state index >= 15 is 0 Å². The van der Waals surface area contributed by atoms with Crippen molar-refractivity contribution in [1.29, 1.82) is 0 Å². The number of amides is 2. The molecule has 2 amide bonds. The number of hydrogen-bond donors (Lipinski definition) is 1. The molecule has 11 heteroatoms. The lowest BCUT2D eigenvalue weighted by atomic mass is 10.0. The fraction of sp³-hybridized carbons (Fsp3) is 0.235. The first-order valence-corrected chi connectivity index (χ1v) is 17.2. The summed E-state index contributed by atoms with van der Waals surface area (Å²) in [6, 6.07) is 28.0. The van der Waals surface area contributed by atoms with Crippen LogP contribution in [0.4, 0.5) is 5.69 Å². The van der Waals surface area contributed by atoms with Gasteiger partial charge in [-0.3, -0.25) is 13.9 Å². The van der Waals surface area contributed by atoms with Gasteiger partial charge in [0.05, 0.1) is 20.6 Å². The van der Waals surface area contributed by atoms with Crippen LogP contribution in [0.1, 0.15) is 31.9 Å². The summed E-state index contributed by atoms with van der Waals surface area (Å²) in [7, 11) is -4.19. The molecule has 7 nitrogen and oxygen atoms in total. The van der Waals surface area contributed by atoms with Gasteiger partial charge in [0.2, 0.25) is 11.8 Å². The maximum Gasteiger partial charge on any atom is 0.264 e. The molecular weight excluding hydrogens is 697 g/mol. The molecule has 1 atom stereocenters. The van der Waals surface area contributed by atoms with Gasteiger partial charge in [-0.15, -0.1) is 0 Å². The molecule has 0 radical (unpaired) electrons. The van der Waals surface area contributed by atoms with Crippen LogP contribution in [0, 0.1) is 0 Å². The lowest BCUT2D eigenvalue weighted by Crippen LogP contribution is -2.56. The minimum atomic E-state index is -4.19. The molecule has 4 aromatic rings. The molecule has 0 aromatic heterocycles. The second kappa shape index (κ2) is 14.8. The summed E-state index contributed by atoms with van der Waals surface area (Å²) in [5, 5.41) is 3.65. The SMILES string of the molecule is CC(C)(C)NC(=O)[C@@H](Cc1ccccc1)N(Cc1ccc(Cl)c(Cl)c1)C(=O)CN(c1cccc(Br)c1)S(=O)(=O)c1ccccc1. The summed E-state index contributed by atoms with van der Waals surface area (Å²) >= 11 is 15.9. The van der Waals surface area contributed by atoms with Gasteiger partial charge in [-0.05, 0) is 74.4 Å². The van der Waals surface area contributed by atoms with Gasteiger partial charge in [-0.25, -0.2) is 8.42 Å². The highest BCUT2D eigenvalue weighted by atomic mass is 79.9. The fourth-order valence-electron chi connectivity index (χ4n) is 4.72. The van der Waals surface area contributed by atoms with E-state index in [0.717, 1.165) is 9.87 Å². The summed E-state index contributed by atoms with van der Waals surface area (Å²) in [4.78, 5) is 29.9. The van der Waals surface area contributed by atoms with E-state index in [0.29, 0.717) is 20.1 Å². The van der Waals surface area contributed by atoms with E-state index in [4.69, 9.17) is 23.2 Å². The standard InChI is InChI=1S/C34H34BrCl2N3O4S/c1-34(2,3)38-33(42)31(20-24-11-6-4-7-12-24)39(22-25-17-18-29(36)30(37)19-25)32(41)23-40(27-14-10-13-26(35)21-27)45(43,44)28-15-8-5-9-16-28/h4-19,21,31H,20,22-23H2,1-3H3,(H,38,42)/t31-/m1/s1. The zero-order chi connectivity index (χ0) is 32.8. The zero-order valence-electron chi connectivity index (χ0n) is 25.1. The summed E-state index contributed by atoms with van der Waals surface area (Å²) in [6.07, 6.45) is 0.193. The van der Waals surface area contributed by atoms with Crippen molar-refractivity contribution in [2.75, 3.05) is 10.8 Å². The van der Waals surface area contributed by atoms with Crippen LogP contribution >= 0.6 is 39.1 Å². The normalized spacial score (nSPS) is 12.3. The van der Waals surface area contributed by atoms with E-state index < -0.39 is 34.1 Å². The van der Waals surface area contributed by atoms with Gasteiger partial charge >= 0.3 is 0 Å². The van der Waals surface area contributed by atoms with Crippen molar-refractivity contribution in [3.63, 3.8) is 0 Å². The first-order valence-electron chi connectivity index (χ1n) is 14.2. The Hall–Kier alpha value is -3.37. The van der Waals surface area contributed by atoms with Gasteiger partial charge in [-0.1, -0.05) is 99.8 Å². The summed E-state index contributed by atoms with van der Waals surface area (Å²) in [5.41, 5.74) is 1.15. The van der Waals surface area contributed by atoms with Crippen molar-refractivity contribution in [2.24, 2.45) is 0 Å². The van der Waals surface area contributed by atoms with Crippen molar-refractivity contribution in [3.05, 3.63) is 129 Å². The number of halogens is 3. The molecule has 0 saturated heterocycles. The highest BCUT2D eigenvalue weighted by molar-refractivity contribution is 9.10. The summed E-state index contributed by atoms with van der Waals surface area (Å²) in [6.45, 7) is 4.98. The third kappa shape index (κ3) is 9.33. The van der Waals surface area contributed by atoms with Crippen molar-refractivity contribution in [1.82, 2.24) is 10.2 Å². The highest BCUT2D eigenvalue weighted by Crippen LogP contribution is 2.28. The Labute approximate surface area is 283 Å². The minimum absolute atomic E-state index is 0.0253. The quantitative estimate of drug-likeness (QED) is 0.173. The molecule has 0 aliphatic carbocycles. The topological polar surface area (TPSA) is 86.8 Å². The Balaban J connectivity index is 1.83. The van der Waals surface area contributed by atoms with Gasteiger partial charge in [0.25, 0.3) is 10.0 Å². The Morgan fingerprint density at radius 1 is 0.822 bits per heavy atom. The maximum atomic E-state index is 14.5. The molecule has 0 unspecified atom stereocenters. The molecule has 45 heavy (non-hydrogen) atoms. The molecule has 236 valence electrons.